The summed E-state index contributed by atoms with van der Waals surface area (Å²) in [6.45, 7) is -0.00926. The van der Waals surface area contributed by atoms with Gasteiger partial charge < -0.3 is 19.2 Å². The molecule has 1 aromatic heterocycles. The second-order valence-electron chi connectivity index (χ2n) is 7.34. The van der Waals surface area contributed by atoms with Gasteiger partial charge in [-0.25, -0.2) is 13.1 Å². The summed E-state index contributed by atoms with van der Waals surface area (Å²) in [7, 11) is -1.15. The van der Waals surface area contributed by atoms with Gasteiger partial charge >= 0.3 is 0 Å². The maximum atomic E-state index is 12.9. The molecule has 2 N–H and O–H groups in total. The molecule has 0 bridgehead atoms. The molecule has 0 atom stereocenters. The first-order valence-electron chi connectivity index (χ1n) is 10.2. The van der Waals surface area contributed by atoms with Crippen LogP contribution in [0.5, 0.6) is 11.5 Å². The quantitative estimate of drug-likeness (QED) is 0.571. The smallest absolute Gasteiger partial charge is 0.244 e. The Balaban J connectivity index is 1.81. The van der Waals surface area contributed by atoms with Crippen LogP contribution in [0.25, 0.3) is 6.08 Å². The SMILES string of the molecule is COc1cc(/C=C/C(=O)NC2CCCCC2)cc(S(=O)(=O)NCc2ccco2)c1OC. The van der Waals surface area contributed by atoms with Gasteiger partial charge in [0, 0.05) is 12.1 Å². The number of amides is 1. The van der Waals surface area contributed by atoms with Gasteiger partial charge in [0.1, 0.15) is 10.7 Å². The van der Waals surface area contributed by atoms with Gasteiger partial charge in [-0.2, -0.15) is 0 Å². The first kappa shape index (κ1) is 22.9. The Morgan fingerprint density at radius 2 is 1.97 bits per heavy atom. The van der Waals surface area contributed by atoms with E-state index in [-0.39, 0.29) is 34.9 Å². The lowest BCUT2D eigenvalue weighted by Crippen LogP contribution is -2.34. The molecule has 0 aliphatic heterocycles. The van der Waals surface area contributed by atoms with E-state index in [4.69, 9.17) is 13.9 Å². The molecular formula is C22H28N2O6S. The van der Waals surface area contributed by atoms with Crippen molar-refractivity contribution in [2.75, 3.05) is 14.2 Å². The summed E-state index contributed by atoms with van der Waals surface area (Å²) in [5, 5.41) is 3.00. The van der Waals surface area contributed by atoms with Crippen LogP contribution in [0.1, 0.15) is 43.4 Å². The maximum absolute atomic E-state index is 12.9. The summed E-state index contributed by atoms with van der Waals surface area (Å²) < 4.78 is 44.2. The number of ether oxygens (including phenoxy) is 2. The molecule has 168 valence electrons. The van der Waals surface area contributed by atoms with E-state index in [0.717, 1.165) is 25.7 Å². The van der Waals surface area contributed by atoms with Crippen molar-refractivity contribution in [3.05, 3.63) is 47.9 Å². The highest BCUT2D eigenvalue weighted by atomic mass is 32.2. The lowest BCUT2D eigenvalue weighted by atomic mass is 9.95. The Hall–Kier alpha value is -2.78. The minimum atomic E-state index is -3.94. The Labute approximate surface area is 182 Å². The topological polar surface area (TPSA) is 107 Å². The number of hydrogen-bond acceptors (Lipinski definition) is 6. The monoisotopic (exact) mass is 448 g/mol. The number of rotatable bonds is 9. The molecule has 3 rings (SSSR count). The molecule has 1 aliphatic rings. The van der Waals surface area contributed by atoms with E-state index in [1.807, 2.05) is 0 Å². The lowest BCUT2D eigenvalue weighted by Gasteiger charge is -2.21. The number of methoxy groups -OCH3 is 2. The number of furan rings is 1. The van der Waals surface area contributed by atoms with Crippen LogP contribution in [0, 0.1) is 0 Å². The number of carbonyl (C=O) groups is 1. The van der Waals surface area contributed by atoms with Crippen LogP contribution in [0.3, 0.4) is 0 Å². The summed E-state index contributed by atoms with van der Waals surface area (Å²) in [5.74, 6) is 0.598. The van der Waals surface area contributed by atoms with Crippen LogP contribution in [0.15, 0.2) is 45.9 Å². The number of carbonyl (C=O) groups excluding carboxylic acids is 1. The normalized spacial score (nSPS) is 15.2. The van der Waals surface area contributed by atoms with Crippen molar-refractivity contribution in [1.29, 1.82) is 0 Å². The van der Waals surface area contributed by atoms with Crippen molar-refractivity contribution in [2.24, 2.45) is 0 Å². The van der Waals surface area contributed by atoms with Crippen LogP contribution < -0.4 is 19.5 Å². The minimum absolute atomic E-state index is 0.00926. The summed E-state index contributed by atoms with van der Waals surface area (Å²) >= 11 is 0. The van der Waals surface area contributed by atoms with Gasteiger partial charge in [-0.15, -0.1) is 0 Å². The Morgan fingerprint density at radius 1 is 1.19 bits per heavy atom. The second-order valence-corrected chi connectivity index (χ2v) is 9.07. The summed E-state index contributed by atoms with van der Waals surface area (Å²) in [4.78, 5) is 12.2. The molecule has 1 heterocycles. The van der Waals surface area contributed by atoms with Crippen LogP contribution in [-0.2, 0) is 21.4 Å². The van der Waals surface area contributed by atoms with E-state index >= 15 is 0 Å². The third kappa shape index (κ3) is 6.11. The molecule has 0 radical (unpaired) electrons. The molecular weight excluding hydrogens is 420 g/mol. The number of benzene rings is 1. The first-order chi connectivity index (χ1) is 14.9. The fourth-order valence-electron chi connectivity index (χ4n) is 3.57. The molecule has 31 heavy (non-hydrogen) atoms. The fraction of sp³-hybridized carbons (Fsp3) is 0.409. The minimum Gasteiger partial charge on any atom is -0.493 e. The maximum Gasteiger partial charge on any atom is 0.244 e. The van der Waals surface area contributed by atoms with Gasteiger partial charge in [0.15, 0.2) is 11.5 Å². The Morgan fingerprint density at radius 3 is 2.61 bits per heavy atom. The van der Waals surface area contributed by atoms with Crippen molar-refractivity contribution < 1.29 is 27.1 Å². The van der Waals surface area contributed by atoms with Gasteiger partial charge in [0.05, 0.1) is 27.0 Å². The van der Waals surface area contributed by atoms with E-state index in [1.54, 1.807) is 24.3 Å². The average Bonchev–Trinajstić information content (AvgIpc) is 3.30. The molecule has 1 aliphatic carbocycles. The third-order valence-corrected chi connectivity index (χ3v) is 6.56. The summed E-state index contributed by atoms with van der Waals surface area (Å²) in [6.07, 6.45) is 9.86. The van der Waals surface area contributed by atoms with Crippen molar-refractivity contribution in [1.82, 2.24) is 10.0 Å². The van der Waals surface area contributed by atoms with Crippen LogP contribution in [0.2, 0.25) is 0 Å². The van der Waals surface area contributed by atoms with E-state index in [0.29, 0.717) is 11.3 Å². The number of hydrogen-bond donors (Lipinski definition) is 2. The van der Waals surface area contributed by atoms with Crippen molar-refractivity contribution in [2.45, 2.75) is 49.6 Å². The van der Waals surface area contributed by atoms with E-state index < -0.39 is 10.0 Å². The Bertz CT molecular complexity index is 1010. The lowest BCUT2D eigenvalue weighted by molar-refractivity contribution is -0.117. The molecule has 1 fully saturated rings. The van der Waals surface area contributed by atoms with Gasteiger partial charge in [0.25, 0.3) is 0 Å². The highest BCUT2D eigenvalue weighted by Crippen LogP contribution is 2.36. The number of nitrogens with one attached hydrogen (secondary N) is 2. The summed E-state index contributed by atoms with van der Waals surface area (Å²) in [6, 6.07) is 6.60. The average molecular weight is 449 g/mol. The van der Waals surface area contributed by atoms with Gasteiger partial charge in [0.2, 0.25) is 15.9 Å². The molecule has 1 aromatic carbocycles. The van der Waals surface area contributed by atoms with E-state index in [1.165, 1.54) is 39.0 Å². The van der Waals surface area contributed by atoms with Crippen molar-refractivity contribution >= 4 is 22.0 Å². The van der Waals surface area contributed by atoms with Crippen molar-refractivity contribution in [3.63, 3.8) is 0 Å². The highest BCUT2D eigenvalue weighted by molar-refractivity contribution is 7.89. The molecule has 1 amide bonds. The Kier molecular flexibility index (Phi) is 7.75. The highest BCUT2D eigenvalue weighted by Gasteiger charge is 2.24. The predicted molar refractivity (Wildman–Crippen MR) is 116 cm³/mol. The second kappa shape index (κ2) is 10.5. The summed E-state index contributed by atoms with van der Waals surface area (Å²) in [5.41, 5.74) is 0.495. The zero-order valence-electron chi connectivity index (χ0n) is 17.7. The van der Waals surface area contributed by atoms with Gasteiger partial charge in [-0.3, -0.25) is 4.79 Å². The zero-order valence-corrected chi connectivity index (χ0v) is 18.5. The first-order valence-corrected chi connectivity index (χ1v) is 11.7. The molecule has 9 heteroatoms. The molecule has 8 nitrogen and oxygen atoms in total. The third-order valence-electron chi connectivity index (χ3n) is 5.15. The zero-order chi connectivity index (χ0) is 22.3. The number of sulfonamides is 1. The molecule has 2 aromatic rings. The van der Waals surface area contributed by atoms with Crippen LogP contribution >= 0.6 is 0 Å². The molecule has 1 saturated carbocycles. The largest absolute Gasteiger partial charge is 0.493 e. The fourth-order valence-corrected chi connectivity index (χ4v) is 4.78. The molecule has 0 unspecified atom stereocenters. The van der Waals surface area contributed by atoms with Crippen LogP contribution in [0.4, 0.5) is 0 Å². The standard InChI is InChI=1S/C22H28N2O6S/c1-28-19-13-16(10-11-21(25)24-17-7-4-3-5-8-17)14-20(22(19)29-2)31(26,27)23-15-18-9-6-12-30-18/h6,9-14,17,23H,3-5,7-8,15H2,1-2H3,(H,24,25)/b11-10+. The van der Waals surface area contributed by atoms with Gasteiger partial charge in [-0.1, -0.05) is 19.3 Å². The molecule has 0 saturated heterocycles. The van der Waals surface area contributed by atoms with Crippen LogP contribution in [-0.4, -0.2) is 34.6 Å². The van der Waals surface area contributed by atoms with Crippen molar-refractivity contribution in [3.8, 4) is 11.5 Å². The molecule has 0 spiro atoms. The predicted octanol–water partition coefficient (Wildman–Crippen LogP) is 3.24. The van der Waals surface area contributed by atoms with Gasteiger partial charge in [-0.05, 0) is 48.7 Å². The van der Waals surface area contributed by atoms with E-state index in [2.05, 4.69) is 10.0 Å². The van der Waals surface area contributed by atoms with E-state index in [9.17, 15) is 13.2 Å².